The topological polar surface area (TPSA) is 65.2 Å². The minimum atomic E-state index is -0.409. The van der Waals surface area contributed by atoms with Crippen LogP contribution in [0.25, 0.3) is 0 Å². The zero-order chi connectivity index (χ0) is 38.5. The molecule has 4 rings (SSSR count). The van der Waals surface area contributed by atoms with Crippen LogP contribution in [0.3, 0.4) is 0 Å². The number of phenols is 2. The molecule has 0 bridgehead atoms. The van der Waals surface area contributed by atoms with Crippen molar-refractivity contribution < 1.29 is 10.2 Å². The fourth-order valence-electron chi connectivity index (χ4n) is 6.43. The second-order valence-electron chi connectivity index (χ2n) is 17.1. The fourth-order valence-corrected chi connectivity index (χ4v) is 6.43. The van der Waals surface area contributed by atoms with Crippen LogP contribution in [0.4, 0.5) is 0 Å². The molecule has 4 aromatic rings. The fraction of sp³-hybridized carbons (Fsp3) is 0.458. The molecule has 4 heteroatoms. The number of rotatable bonds is 15. The van der Waals surface area contributed by atoms with E-state index in [1.54, 1.807) is 0 Å². The molecule has 0 aliphatic heterocycles. The number of aromatic hydroxyl groups is 2. The Kier molecular flexibility index (Phi) is 12.7. The lowest BCUT2D eigenvalue weighted by atomic mass is 9.75. The van der Waals surface area contributed by atoms with E-state index in [4.69, 9.17) is 9.98 Å². The molecule has 0 unspecified atom stereocenters. The van der Waals surface area contributed by atoms with Crippen molar-refractivity contribution in [2.24, 2.45) is 9.98 Å². The summed E-state index contributed by atoms with van der Waals surface area (Å²) in [7, 11) is 0. The molecule has 0 heterocycles. The third-order valence-corrected chi connectivity index (χ3v) is 12.2. The van der Waals surface area contributed by atoms with Gasteiger partial charge in [-0.05, 0) is 81.7 Å². The van der Waals surface area contributed by atoms with E-state index in [1.165, 1.54) is 11.1 Å². The van der Waals surface area contributed by atoms with Crippen molar-refractivity contribution >= 4 is 12.4 Å². The number of hydrogen-bond donors (Lipinski definition) is 2. The van der Waals surface area contributed by atoms with Gasteiger partial charge in [0.1, 0.15) is 23.6 Å². The van der Waals surface area contributed by atoms with Gasteiger partial charge in [-0.1, -0.05) is 156 Å². The molecule has 2 atom stereocenters. The van der Waals surface area contributed by atoms with E-state index in [1.807, 2.05) is 48.8 Å². The summed E-state index contributed by atoms with van der Waals surface area (Å²) in [6.07, 6.45) is 7.44. The van der Waals surface area contributed by atoms with Crippen LogP contribution in [0.2, 0.25) is 0 Å². The Morgan fingerprint density at radius 3 is 1.08 bits per heavy atom. The molecule has 4 nitrogen and oxygen atoms in total. The second kappa shape index (κ2) is 16.2. The van der Waals surface area contributed by atoms with Crippen LogP contribution in [-0.4, -0.2) is 22.6 Å². The van der Waals surface area contributed by atoms with Crippen LogP contribution in [0.15, 0.2) is 94.9 Å². The van der Waals surface area contributed by atoms with Crippen molar-refractivity contribution in [3.63, 3.8) is 0 Å². The van der Waals surface area contributed by atoms with Gasteiger partial charge in [-0.25, -0.2) is 0 Å². The van der Waals surface area contributed by atoms with Gasteiger partial charge in [0.2, 0.25) is 0 Å². The van der Waals surface area contributed by atoms with Gasteiger partial charge >= 0.3 is 0 Å². The average Bonchev–Trinajstić information content (AvgIpc) is 3.14. The van der Waals surface area contributed by atoms with Crippen molar-refractivity contribution in [2.45, 2.75) is 143 Å². The standard InChI is InChI=1S/C48H64N2O2/c1-13-45(5,6)37-27-35(43(51)39(29-37)47(9,10)15-3)31-49-41(33-23-19-17-20-24-33)42(34-25-21-18-22-26-34)50-32-36-28-38(46(7,8)14-2)30-40(44(36)52)48(11,12)16-4/h17-32,41-42,51-52H,13-16H2,1-12H3/t41-,42-/m1/s1. The summed E-state index contributed by atoms with van der Waals surface area (Å²) in [6.45, 7) is 26.6. The van der Waals surface area contributed by atoms with Crippen molar-refractivity contribution in [3.05, 3.63) is 129 Å². The Morgan fingerprint density at radius 1 is 0.481 bits per heavy atom. The highest BCUT2D eigenvalue weighted by Gasteiger charge is 2.30. The first-order valence-electron chi connectivity index (χ1n) is 19.3. The Hall–Kier alpha value is -4.18. The van der Waals surface area contributed by atoms with E-state index in [9.17, 15) is 10.2 Å². The Balaban J connectivity index is 1.97. The van der Waals surface area contributed by atoms with Crippen LogP contribution in [0.5, 0.6) is 11.5 Å². The molecule has 4 aromatic carbocycles. The molecule has 0 radical (unpaired) electrons. The summed E-state index contributed by atoms with van der Waals surface area (Å²) in [4.78, 5) is 10.6. The van der Waals surface area contributed by atoms with Crippen LogP contribution < -0.4 is 0 Å². The highest BCUT2D eigenvalue weighted by atomic mass is 16.3. The van der Waals surface area contributed by atoms with Gasteiger partial charge in [-0.2, -0.15) is 0 Å². The molecule has 52 heavy (non-hydrogen) atoms. The maximum absolute atomic E-state index is 11.8. The van der Waals surface area contributed by atoms with E-state index < -0.39 is 12.1 Å². The number of nitrogens with zero attached hydrogens (tertiary/aromatic N) is 2. The van der Waals surface area contributed by atoms with Crippen molar-refractivity contribution in [2.75, 3.05) is 0 Å². The molecule has 0 amide bonds. The van der Waals surface area contributed by atoms with Crippen molar-refractivity contribution in [1.82, 2.24) is 0 Å². The maximum atomic E-state index is 11.8. The highest BCUT2D eigenvalue weighted by Crippen LogP contribution is 2.43. The summed E-state index contributed by atoms with van der Waals surface area (Å²) < 4.78 is 0. The molecule has 2 N–H and O–H groups in total. The quantitative estimate of drug-likeness (QED) is 0.121. The molecule has 278 valence electrons. The summed E-state index contributed by atoms with van der Waals surface area (Å²) in [5.41, 5.74) is 7.16. The molecular weight excluding hydrogens is 637 g/mol. The van der Waals surface area contributed by atoms with Crippen LogP contribution in [-0.2, 0) is 21.7 Å². The molecule has 0 aliphatic rings. The van der Waals surface area contributed by atoms with Crippen LogP contribution in [0.1, 0.15) is 165 Å². The first-order valence-corrected chi connectivity index (χ1v) is 19.3. The predicted octanol–water partition coefficient (Wildman–Crippen LogP) is 12.9. The van der Waals surface area contributed by atoms with E-state index in [0.29, 0.717) is 11.1 Å². The molecule has 0 aliphatic carbocycles. The summed E-state index contributed by atoms with van der Waals surface area (Å²) >= 11 is 0. The Bertz CT molecular complexity index is 1710. The highest BCUT2D eigenvalue weighted by molar-refractivity contribution is 5.86. The number of benzene rings is 4. The number of phenolic OH excluding ortho intramolecular Hbond substituents is 2. The van der Waals surface area contributed by atoms with Gasteiger partial charge in [0.15, 0.2) is 0 Å². The lowest BCUT2D eigenvalue weighted by Crippen LogP contribution is -2.21. The van der Waals surface area contributed by atoms with Crippen LogP contribution >= 0.6 is 0 Å². The first-order chi connectivity index (χ1) is 24.4. The third-order valence-electron chi connectivity index (χ3n) is 12.2. The predicted molar refractivity (Wildman–Crippen MR) is 223 cm³/mol. The molecular formula is C48H64N2O2. The van der Waals surface area contributed by atoms with Crippen molar-refractivity contribution in [1.29, 1.82) is 0 Å². The molecule has 0 aromatic heterocycles. The minimum Gasteiger partial charge on any atom is -0.507 e. The second-order valence-corrected chi connectivity index (χ2v) is 17.1. The van der Waals surface area contributed by atoms with Gasteiger partial charge in [0.05, 0.1) is 0 Å². The van der Waals surface area contributed by atoms with Crippen molar-refractivity contribution in [3.8, 4) is 11.5 Å². The monoisotopic (exact) mass is 700 g/mol. The lowest BCUT2D eigenvalue weighted by Gasteiger charge is -2.30. The normalized spacial score (nSPS) is 14.3. The van der Waals surface area contributed by atoms with Gasteiger partial charge in [0.25, 0.3) is 0 Å². The minimum absolute atomic E-state index is 0.0708. The van der Waals surface area contributed by atoms with E-state index >= 15 is 0 Å². The maximum Gasteiger partial charge on any atom is 0.128 e. The molecule has 0 fully saturated rings. The third kappa shape index (κ3) is 8.88. The SMILES string of the molecule is CCC(C)(C)c1cc(C=N[C@H](c2ccccc2)[C@H](N=Cc2cc(C(C)(C)CC)cc(C(C)(C)CC)c2O)c2ccccc2)c(O)c(C(C)(C)CC)c1. The summed E-state index contributed by atoms with van der Waals surface area (Å²) in [5.74, 6) is 0.563. The van der Waals surface area contributed by atoms with Gasteiger partial charge in [-0.15, -0.1) is 0 Å². The Morgan fingerprint density at radius 2 is 0.788 bits per heavy atom. The van der Waals surface area contributed by atoms with Gasteiger partial charge in [0, 0.05) is 34.7 Å². The van der Waals surface area contributed by atoms with Crippen LogP contribution in [0, 0.1) is 0 Å². The van der Waals surface area contributed by atoms with E-state index in [2.05, 4.69) is 132 Å². The zero-order valence-electron chi connectivity index (χ0n) is 34.0. The molecule has 0 spiro atoms. The molecule has 0 saturated carbocycles. The number of aliphatic imine (C=N–C) groups is 2. The Labute approximate surface area is 315 Å². The smallest absolute Gasteiger partial charge is 0.128 e. The zero-order valence-corrected chi connectivity index (χ0v) is 34.0. The lowest BCUT2D eigenvalue weighted by molar-refractivity contribution is 0.423. The van der Waals surface area contributed by atoms with E-state index in [0.717, 1.165) is 47.9 Å². The molecule has 0 saturated heterocycles. The number of hydrogen-bond acceptors (Lipinski definition) is 4. The largest absolute Gasteiger partial charge is 0.507 e. The summed E-state index contributed by atoms with van der Waals surface area (Å²) in [5, 5.41) is 23.6. The average molecular weight is 701 g/mol. The summed E-state index contributed by atoms with van der Waals surface area (Å²) in [6, 6.07) is 28.4. The first kappa shape index (κ1) is 40.6. The van der Waals surface area contributed by atoms with E-state index in [-0.39, 0.29) is 33.2 Å². The van der Waals surface area contributed by atoms with Gasteiger partial charge in [-0.3, -0.25) is 9.98 Å². The van der Waals surface area contributed by atoms with Gasteiger partial charge < -0.3 is 10.2 Å².